The number of carbonyl (C=O) groups excluding carboxylic acids is 3. The van der Waals surface area contributed by atoms with Gasteiger partial charge in [0, 0.05) is 24.2 Å². The average molecular weight is 317 g/mol. The molecule has 0 aliphatic carbocycles. The number of primary amides is 1. The monoisotopic (exact) mass is 317 g/mol. The minimum absolute atomic E-state index is 0.0297. The van der Waals surface area contributed by atoms with E-state index >= 15 is 0 Å². The van der Waals surface area contributed by atoms with Crippen LogP contribution in [0.4, 0.5) is 5.69 Å². The zero-order valence-corrected chi connectivity index (χ0v) is 13.5. The van der Waals surface area contributed by atoms with Crippen LogP contribution in [0.25, 0.3) is 0 Å². The SMILES string of the molecule is CCC(C)C(NC(=O)c1ccc(N2CCCC2=O)cc1)C(N)=O. The van der Waals surface area contributed by atoms with Crippen LogP contribution in [0.2, 0.25) is 0 Å². The van der Waals surface area contributed by atoms with Gasteiger partial charge in [0.15, 0.2) is 0 Å². The van der Waals surface area contributed by atoms with Crippen molar-refractivity contribution >= 4 is 23.4 Å². The Morgan fingerprint density at radius 3 is 2.43 bits per heavy atom. The van der Waals surface area contributed by atoms with Gasteiger partial charge in [0.05, 0.1) is 0 Å². The Labute approximate surface area is 136 Å². The highest BCUT2D eigenvalue weighted by Crippen LogP contribution is 2.21. The number of amides is 3. The zero-order chi connectivity index (χ0) is 17.0. The first-order valence-electron chi connectivity index (χ1n) is 7.94. The van der Waals surface area contributed by atoms with Crippen LogP contribution >= 0.6 is 0 Å². The van der Waals surface area contributed by atoms with Crippen LogP contribution in [0.5, 0.6) is 0 Å². The fourth-order valence-electron chi connectivity index (χ4n) is 2.67. The van der Waals surface area contributed by atoms with E-state index in [0.29, 0.717) is 18.5 Å². The molecule has 1 saturated heterocycles. The molecule has 3 N–H and O–H groups in total. The maximum Gasteiger partial charge on any atom is 0.251 e. The van der Waals surface area contributed by atoms with E-state index < -0.39 is 11.9 Å². The second-order valence-electron chi connectivity index (χ2n) is 5.93. The first-order chi connectivity index (χ1) is 10.9. The molecule has 6 nitrogen and oxygen atoms in total. The summed E-state index contributed by atoms with van der Waals surface area (Å²) in [5.41, 5.74) is 6.59. The van der Waals surface area contributed by atoms with E-state index in [1.165, 1.54) is 0 Å². The Morgan fingerprint density at radius 2 is 1.96 bits per heavy atom. The Balaban J connectivity index is 2.07. The number of anilines is 1. The molecule has 1 heterocycles. The minimum atomic E-state index is -0.688. The van der Waals surface area contributed by atoms with E-state index in [9.17, 15) is 14.4 Å². The van der Waals surface area contributed by atoms with E-state index in [1.54, 1.807) is 29.2 Å². The highest BCUT2D eigenvalue weighted by Gasteiger charge is 2.25. The lowest BCUT2D eigenvalue weighted by Gasteiger charge is -2.21. The van der Waals surface area contributed by atoms with Gasteiger partial charge < -0.3 is 16.0 Å². The number of hydrogen-bond donors (Lipinski definition) is 2. The van der Waals surface area contributed by atoms with Crippen LogP contribution in [0.1, 0.15) is 43.5 Å². The summed E-state index contributed by atoms with van der Waals surface area (Å²) in [6, 6.07) is 6.13. The lowest BCUT2D eigenvalue weighted by Crippen LogP contribution is -2.48. The summed E-state index contributed by atoms with van der Waals surface area (Å²) < 4.78 is 0. The largest absolute Gasteiger partial charge is 0.368 e. The van der Waals surface area contributed by atoms with Crippen molar-refractivity contribution in [3.63, 3.8) is 0 Å². The first kappa shape index (κ1) is 17.0. The van der Waals surface area contributed by atoms with Crippen LogP contribution in [0.15, 0.2) is 24.3 Å². The van der Waals surface area contributed by atoms with E-state index in [4.69, 9.17) is 5.73 Å². The molecular weight excluding hydrogens is 294 g/mol. The third-order valence-electron chi connectivity index (χ3n) is 4.32. The van der Waals surface area contributed by atoms with Gasteiger partial charge in [-0.25, -0.2) is 0 Å². The number of nitrogens with one attached hydrogen (secondary N) is 1. The molecule has 2 unspecified atom stereocenters. The average Bonchev–Trinajstić information content (AvgIpc) is 2.97. The van der Waals surface area contributed by atoms with Crippen molar-refractivity contribution in [2.45, 2.75) is 39.2 Å². The van der Waals surface area contributed by atoms with Gasteiger partial charge in [-0.3, -0.25) is 14.4 Å². The molecule has 2 atom stereocenters. The number of nitrogens with zero attached hydrogens (tertiary/aromatic N) is 1. The maximum absolute atomic E-state index is 12.3. The molecule has 6 heteroatoms. The van der Waals surface area contributed by atoms with Crippen molar-refractivity contribution < 1.29 is 14.4 Å². The number of rotatable bonds is 6. The summed E-state index contributed by atoms with van der Waals surface area (Å²) in [5, 5.41) is 2.69. The van der Waals surface area contributed by atoms with Gasteiger partial charge in [0.1, 0.15) is 6.04 Å². The van der Waals surface area contributed by atoms with Crippen LogP contribution in [-0.4, -0.2) is 30.3 Å². The van der Waals surface area contributed by atoms with E-state index in [-0.39, 0.29) is 17.7 Å². The van der Waals surface area contributed by atoms with Crippen molar-refractivity contribution in [2.24, 2.45) is 11.7 Å². The lowest BCUT2D eigenvalue weighted by molar-refractivity contribution is -0.121. The Hall–Kier alpha value is -2.37. The summed E-state index contributed by atoms with van der Waals surface area (Å²) in [5.74, 6) is -0.800. The Bertz CT molecular complexity index is 598. The molecule has 0 saturated carbocycles. The molecule has 1 aromatic carbocycles. The van der Waals surface area contributed by atoms with Crippen molar-refractivity contribution in [3.05, 3.63) is 29.8 Å². The van der Waals surface area contributed by atoms with E-state index in [1.807, 2.05) is 13.8 Å². The summed E-state index contributed by atoms with van der Waals surface area (Å²) in [7, 11) is 0. The Kier molecular flexibility index (Phi) is 5.36. The first-order valence-corrected chi connectivity index (χ1v) is 7.94. The highest BCUT2D eigenvalue weighted by atomic mass is 16.2. The summed E-state index contributed by atoms with van der Waals surface area (Å²) in [4.78, 5) is 37.2. The van der Waals surface area contributed by atoms with Crippen molar-refractivity contribution in [2.75, 3.05) is 11.4 Å². The maximum atomic E-state index is 12.3. The molecule has 124 valence electrons. The normalized spacial score (nSPS) is 17.0. The van der Waals surface area contributed by atoms with E-state index in [2.05, 4.69) is 5.32 Å². The lowest BCUT2D eigenvalue weighted by atomic mass is 9.98. The number of benzene rings is 1. The van der Waals surface area contributed by atoms with Crippen LogP contribution in [0.3, 0.4) is 0 Å². The molecule has 23 heavy (non-hydrogen) atoms. The quantitative estimate of drug-likeness (QED) is 0.831. The van der Waals surface area contributed by atoms with Gasteiger partial charge in [0.2, 0.25) is 11.8 Å². The summed E-state index contributed by atoms with van der Waals surface area (Å²) in [6.45, 7) is 4.52. The molecule has 0 bridgehead atoms. The predicted octanol–water partition coefficient (Wildman–Crippen LogP) is 1.44. The molecule has 1 fully saturated rings. The van der Waals surface area contributed by atoms with Gasteiger partial charge in [-0.05, 0) is 36.6 Å². The number of hydrogen-bond acceptors (Lipinski definition) is 3. The smallest absolute Gasteiger partial charge is 0.251 e. The van der Waals surface area contributed by atoms with Crippen LogP contribution < -0.4 is 16.0 Å². The fraction of sp³-hybridized carbons (Fsp3) is 0.471. The van der Waals surface area contributed by atoms with Gasteiger partial charge in [-0.15, -0.1) is 0 Å². The number of nitrogens with two attached hydrogens (primary N) is 1. The molecule has 0 aromatic heterocycles. The van der Waals surface area contributed by atoms with Crippen LogP contribution in [-0.2, 0) is 9.59 Å². The number of carbonyl (C=O) groups is 3. The third-order valence-corrected chi connectivity index (χ3v) is 4.32. The second kappa shape index (κ2) is 7.26. The fourth-order valence-corrected chi connectivity index (χ4v) is 2.67. The predicted molar refractivity (Wildman–Crippen MR) is 87.9 cm³/mol. The van der Waals surface area contributed by atoms with Gasteiger partial charge in [-0.1, -0.05) is 20.3 Å². The molecule has 1 aromatic rings. The zero-order valence-electron chi connectivity index (χ0n) is 13.5. The molecular formula is C17H23N3O3. The molecule has 2 rings (SSSR count). The van der Waals surface area contributed by atoms with Crippen molar-refractivity contribution in [3.8, 4) is 0 Å². The van der Waals surface area contributed by atoms with E-state index in [0.717, 1.165) is 18.5 Å². The standard InChI is InChI=1S/C17H23N3O3/c1-3-11(2)15(16(18)22)19-17(23)12-6-8-13(9-7-12)20-10-4-5-14(20)21/h6-9,11,15H,3-5,10H2,1-2H3,(H2,18,22)(H,19,23). The van der Waals surface area contributed by atoms with Crippen molar-refractivity contribution in [1.82, 2.24) is 5.32 Å². The molecule has 3 amide bonds. The Morgan fingerprint density at radius 1 is 1.30 bits per heavy atom. The van der Waals surface area contributed by atoms with Gasteiger partial charge >= 0.3 is 0 Å². The van der Waals surface area contributed by atoms with Gasteiger partial charge in [-0.2, -0.15) is 0 Å². The molecule has 1 aliphatic rings. The molecule has 1 aliphatic heterocycles. The second-order valence-corrected chi connectivity index (χ2v) is 5.93. The minimum Gasteiger partial charge on any atom is -0.368 e. The van der Waals surface area contributed by atoms with Crippen molar-refractivity contribution in [1.29, 1.82) is 0 Å². The molecule has 0 spiro atoms. The third kappa shape index (κ3) is 3.88. The summed E-state index contributed by atoms with van der Waals surface area (Å²) >= 11 is 0. The topological polar surface area (TPSA) is 92.5 Å². The molecule has 0 radical (unpaired) electrons. The van der Waals surface area contributed by atoms with Crippen LogP contribution in [0, 0.1) is 5.92 Å². The van der Waals surface area contributed by atoms with Gasteiger partial charge in [0.25, 0.3) is 5.91 Å². The summed E-state index contributed by atoms with van der Waals surface area (Å²) in [6.07, 6.45) is 2.16. The highest BCUT2D eigenvalue weighted by molar-refractivity contribution is 5.99.